The summed E-state index contributed by atoms with van der Waals surface area (Å²) in [7, 11) is 4.37. The van der Waals surface area contributed by atoms with Gasteiger partial charge in [0.25, 0.3) is 0 Å². The summed E-state index contributed by atoms with van der Waals surface area (Å²) in [5, 5.41) is 9.98. The Morgan fingerprint density at radius 1 is 0.816 bits per heavy atom. The molecule has 0 heterocycles. The molecule has 0 atom stereocenters. The van der Waals surface area contributed by atoms with E-state index in [4.69, 9.17) is 19.9 Å². The highest BCUT2D eigenvalue weighted by molar-refractivity contribution is 5.85. The molecule has 12 heteroatoms. The summed E-state index contributed by atoms with van der Waals surface area (Å²) in [4.78, 5) is 19.5. The van der Waals surface area contributed by atoms with Gasteiger partial charge >= 0.3 is 0 Å². The summed E-state index contributed by atoms with van der Waals surface area (Å²) in [6.07, 6.45) is 2.81. The van der Waals surface area contributed by atoms with Crippen LogP contribution in [0, 0.1) is 27.6 Å². The molecule has 0 radical (unpaired) electrons. The van der Waals surface area contributed by atoms with Crippen molar-refractivity contribution >= 4 is 24.8 Å². The average Bonchev–Trinajstić information content (AvgIpc) is 2.89. The molecule has 8 nitrogen and oxygen atoms in total. The predicted octanol–water partition coefficient (Wildman–Crippen LogP) is 5.49. The summed E-state index contributed by atoms with van der Waals surface area (Å²) in [5.41, 5.74) is 6.14. The number of aldehydes is 1. The van der Waals surface area contributed by atoms with Crippen LogP contribution in [0.2, 0.25) is 0 Å². The molecule has 206 valence electrons. The lowest BCUT2D eigenvalue weighted by Gasteiger charge is -2.03. The van der Waals surface area contributed by atoms with E-state index >= 15 is 0 Å². The number of hydrogen-bond acceptors (Lipinski definition) is 7. The average molecular weight is 557 g/mol. The Bertz CT molecular complexity index is 1210. The molecular weight excluding hydrogens is 529 g/mol. The quantitative estimate of drug-likeness (QED) is 0.222. The Morgan fingerprint density at radius 2 is 1.26 bits per heavy atom. The molecule has 0 aliphatic heterocycles. The van der Waals surface area contributed by atoms with Gasteiger partial charge in [0.1, 0.15) is 34.7 Å². The number of benzene rings is 3. The lowest BCUT2D eigenvalue weighted by atomic mass is 10.1. The zero-order chi connectivity index (χ0) is 27.8. The van der Waals surface area contributed by atoms with Crippen LogP contribution in [0.15, 0.2) is 60.8 Å². The third-order valence-corrected chi connectivity index (χ3v) is 4.59. The summed E-state index contributed by atoms with van der Waals surface area (Å²) in [6.45, 7) is 0.462. The number of nitrogens with zero attached hydrogens (tertiary/aromatic N) is 1. The number of carbonyl (C=O) groups excluding carboxylic acids is 1. The van der Waals surface area contributed by atoms with Gasteiger partial charge in [-0.2, -0.15) is 0 Å². The Labute approximate surface area is 224 Å². The first-order valence-corrected chi connectivity index (χ1v) is 10.6. The maximum atomic E-state index is 13.1. The van der Waals surface area contributed by atoms with Crippen LogP contribution in [0.4, 0.5) is 13.2 Å². The number of methoxy groups -OCH3 is 3. The maximum absolute atomic E-state index is 13.1. The molecule has 0 aromatic heterocycles. The fourth-order valence-corrected chi connectivity index (χ4v) is 2.65. The summed E-state index contributed by atoms with van der Waals surface area (Å²) < 4.78 is 53.3. The molecule has 2 N–H and O–H groups in total. The Kier molecular flexibility index (Phi) is 16.2. The van der Waals surface area contributed by atoms with E-state index in [-0.39, 0.29) is 29.4 Å². The van der Waals surface area contributed by atoms with Crippen molar-refractivity contribution < 1.29 is 37.1 Å². The zero-order valence-electron chi connectivity index (χ0n) is 20.9. The Morgan fingerprint density at radius 3 is 1.63 bits per heavy atom. The molecule has 0 fully saturated rings. The van der Waals surface area contributed by atoms with E-state index in [0.717, 1.165) is 6.08 Å². The van der Waals surface area contributed by atoms with Crippen molar-refractivity contribution in [3.8, 4) is 17.2 Å². The van der Waals surface area contributed by atoms with Gasteiger partial charge in [-0.05, 0) is 48.9 Å². The van der Waals surface area contributed by atoms with E-state index in [1.54, 1.807) is 12.1 Å². The van der Waals surface area contributed by atoms with E-state index in [1.165, 1.54) is 63.8 Å². The van der Waals surface area contributed by atoms with Crippen LogP contribution in [-0.2, 0) is 6.42 Å². The minimum Gasteiger partial charge on any atom is -0.497 e. The summed E-state index contributed by atoms with van der Waals surface area (Å²) >= 11 is 0. The van der Waals surface area contributed by atoms with Gasteiger partial charge < -0.3 is 19.9 Å². The molecule has 0 saturated heterocycles. The molecule has 0 spiro atoms. The van der Waals surface area contributed by atoms with Crippen molar-refractivity contribution in [2.24, 2.45) is 5.73 Å². The highest BCUT2D eigenvalue weighted by Gasteiger charge is 2.03. The molecule has 3 aromatic carbocycles. The van der Waals surface area contributed by atoms with Gasteiger partial charge in [0, 0.05) is 29.8 Å². The zero-order valence-corrected chi connectivity index (χ0v) is 21.7. The number of nitrogens with two attached hydrogens (primary N) is 1. The molecule has 0 aliphatic rings. The normalized spacial score (nSPS) is 9.66. The molecule has 0 saturated carbocycles. The van der Waals surface area contributed by atoms with Gasteiger partial charge in [-0.1, -0.05) is 6.07 Å². The van der Waals surface area contributed by atoms with Gasteiger partial charge in [0.15, 0.2) is 6.29 Å². The third kappa shape index (κ3) is 11.8. The number of hydrogen-bond donors (Lipinski definition) is 1. The number of rotatable bonds is 8. The predicted molar refractivity (Wildman–Crippen MR) is 140 cm³/mol. The van der Waals surface area contributed by atoms with Crippen LogP contribution >= 0.6 is 12.4 Å². The first-order valence-electron chi connectivity index (χ1n) is 10.6. The fourth-order valence-electron chi connectivity index (χ4n) is 2.65. The number of halogens is 4. The number of ether oxygens (including phenoxy) is 3. The Balaban J connectivity index is 0.000000537. The second-order valence-corrected chi connectivity index (χ2v) is 6.99. The number of nitro groups is 1. The van der Waals surface area contributed by atoms with E-state index in [2.05, 4.69) is 0 Å². The van der Waals surface area contributed by atoms with Crippen LogP contribution in [0.3, 0.4) is 0 Å². The van der Waals surface area contributed by atoms with E-state index < -0.39 is 16.6 Å². The van der Waals surface area contributed by atoms with Crippen molar-refractivity contribution in [3.63, 3.8) is 0 Å². The SMILES string of the molecule is COc1ccc(/C=C/[N+](=O)[O-])c(F)c1.COc1ccc(C=O)c(F)c1.COc1ccc(CCN)c(F)c1.Cl. The first-order chi connectivity index (χ1) is 17.7. The molecule has 0 amide bonds. The van der Waals surface area contributed by atoms with E-state index in [9.17, 15) is 28.1 Å². The van der Waals surface area contributed by atoms with Gasteiger partial charge in [-0.25, -0.2) is 13.2 Å². The van der Waals surface area contributed by atoms with Gasteiger partial charge in [0.05, 0.1) is 31.8 Å². The van der Waals surface area contributed by atoms with E-state index in [1.807, 2.05) is 0 Å². The van der Waals surface area contributed by atoms with Gasteiger partial charge in [-0.3, -0.25) is 14.9 Å². The first kappa shape index (κ1) is 33.9. The topological polar surface area (TPSA) is 114 Å². The lowest BCUT2D eigenvalue weighted by Crippen LogP contribution is -2.04. The smallest absolute Gasteiger partial charge is 0.235 e. The molecule has 3 aromatic rings. The second-order valence-electron chi connectivity index (χ2n) is 6.99. The van der Waals surface area contributed by atoms with Crippen LogP contribution < -0.4 is 19.9 Å². The molecule has 0 bridgehead atoms. The molecule has 3 rings (SSSR count). The molecular formula is C26H28ClF3N2O6. The molecule has 0 aliphatic carbocycles. The minimum atomic E-state index is -0.649. The van der Waals surface area contributed by atoms with E-state index in [0.29, 0.717) is 48.3 Å². The van der Waals surface area contributed by atoms with Crippen molar-refractivity contribution in [1.29, 1.82) is 0 Å². The maximum Gasteiger partial charge on any atom is 0.235 e. The Hall–Kier alpha value is -4.09. The summed E-state index contributed by atoms with van der Waals surface area (Å²) in [6, 6.07) is 13.0. The van der Waals surface area contributed by atoms with Crippen molar-refractivity contribution in [2.45, 2.75) is 6.42 Å². The van der Waals surface area contributed by atoms with Crippen LogP contribution in [0.25, 0.3) is 6.08 Å². The highest BCUT2D eigenvalue weighted by Crippen LogP contribution is 2.18. The monoisotopic (exact) mass is 556 g/mol. The van der Waals surface area contributed by atoms with Gasteiger partial charge in [0.2, 0.25) is 6.20 Å². The number of carbonyl (C=O) groups is 1. The third-order valence-electron chi connectivity index (χ3n) is 4.59. The highest BCUT2D eigenvalue weighted by atomic mass is 35.5. The van der Waals surface area contributed by atoms with Crippen molar-refractivity contribution in [3.05, 3.63) is 105 Å². The fraction of sp³-hybridized carbons (Fsp3) is 0.192. The minimum absolute atomic E-state index is 0. The van der Waals surface area contributed by atoms with Crippen molar-refractivity contribution in [2.75, 3.05) is 27.9 Å². The standard InChI is InChI=1S/C9H8FNO3.C9H12FNO.C8H7FO2.ClH/c1-14-8-3-2-7(9(10)6-8)4-5-11(12)13;1-12-8-3-2-7(4-5-11)9(10)6-8;1-11-7-3-2-6(5-10)8(9)4-7;/h2-6H,1H3;2-3,6H,4-5,11H2,1H3;2-5H,1H3;1H/b5-4+;;;. The largest absolute Gasteiger partial charge is 0.497 e. The van der Waals surface area contributed by atoms with Gasteiger partial charge in [-0.15, -0.1) is 12.4 Å². The molecule has 0 unspecified atom stereocenters. The van der Waals surface area contributed by atoms with Crippen LogP contribution in [-0.4, -0.2) is 39.1 Å². The lowest BCUT2D eigenvalue weighted by molar-refractivity contribution is -0.400. The van der Waals surface area contributed by atoms with Crippen molar-refractivity contribution in [1.82, 2.24) is 0 Å². The van der Waals surface area contributed by atoms with Crippen LogP contribution in [0.1, 0.15) is 21.5 Å². The molecule has 38 heavy (non-hydrogen) atoms. The summed E-state index contributed by atoms with van der Waals surface area (Å²) in [5.74, 6) is -0.0382. The van der Waals surface area contributed by atoms with Crippen LogP contribution in [0.5, 0.6) is 17.2 Å². The second kappa shape index (κ2) is 18.2.